The molecule has 0 amide bonds. The largest absolute Gasteiger partial charge is 0.378 e. The fraction of sp³-hybridized carbons (Fsp3) is 0.250. The van der Waals surface area contributed by atoms with E-state index in [0.29, 0.717) is 10.9 Å². The molecule has 0 aliphatic heterocycles. The van der Waals surface area contributed by atoms with E-state index in [9.17, 15) is 18.5 Å². The molecule has 0 aliphatic carbocycles. The van der Waals surface area contributed by atoms with E-state index in [2.05, 4.69) is 15.0 Å². The molecule has 1 aromatic carbocycles. The van der Waals surface area contributed by atoms with Crippen LogP contribution in [0.5, 0.6) is 0 Å². The number of rotatable bonds is 6. The van der Waals surface area contributed by atoms with Crippen molar-refractivity contribution < 1.29 is 13.3 Å². The molecule has 0 unspecified atom stereocenters. The van der Waals surface area contributed by atoms with Gasteiger partial charge in [0.25, 0.3) is 0 Å². The number of sulfonamides is 1. The zero-order chi connectivity index (χ0) is 15.5. The maximum atomic E-state index is 11.3. The van der Waals surface area contributed by atoms with Crippen LogP contribution in [-0.4, -0.2) is 37.7 Å². The van der Waals surface area contributed by atoms with Crippen molar-refractivity contribution in [2.75, 3.05) is 24.7 Å². The number of benzene rings is 1. The number of nitro groups is 1. The predicted molar refractivity (Wildman–Crippen MR) is 79.7 cm³/mol. The molecule has 0 spiro atoms. The number of nitrogens with zero attached hydrogens (tertiary/aromatic N) is 2. The molecule has 9 heteroatoms. The molecule has 1 heterocycles. The Bertz CT molecular complexity index is 776. The second kappa shape index (κ2) is 6.02. The third-order valence-electron chi connectivity index (χ3n) is 2.94. The van der Waals surface area contributed by atoms with Crippen LogP contribution < -0.4 is 10.0 Å². The van der Waals surface area contributed by atoms with Gasteiger partial charge >= 0.3 is 5.69 Å². The summed E-state index contributed by atoms with van der Waals surface area (Å²) in [5.74, 6) is -0.175. The lowest BCUT2D eigenvalue weighted by molar-refractivity contribution is -0.382. The maximum Gasteiger partial charge on any atom is 0.301 e. The Morgan fingerprint density at radius 2 is 2.10 bits per heavy atom. The van der Waals surface area contributed by atoms with Gasteiger partial charge < -0.3 is 5.32 Å². The van der Waals surface area contributed by atoms with Crippen molar-refractivity contribution in [2.45, 2.75) is 0 Å². The van der Waals surface area contributed by atoms with Gasteiger partial charge in [-0.05, 0) is 31.3 Å². The van der Waals surface area contributed by atoms with Gasteiger partial charge in [0.2, 0.25) is 10.0 Å². The Kier molecular flexibility index (Phi) is 4.34. The van der Waals surface area contributed by atoms with Crippen LogP contribution in [0.1, 0.15) is 0 Å². The first kappa shape index (κ1) is 15.1. The van der Waals surface area contributed by atoms with Crippen LogP contribution >= 0.6 is 0 Å². The monoisotopic (exact) mass is 310 g/mol. The Morgan fingerprint density at radius 1 is 1.33 bits per heavy atom. The standard InChI is InChI=1S/C12H14N4O4S/c1-13-21(19,20)8-7-15-11-5-4-10-9(3-2-6-14-10)12(11)16(17)18/h2-6,13,15H,7-8H2,1H3. The summed E-state index contributed by atoms with van der Waals surface area (Å²) in [4.78, 5) is 14.8. The Balaban J connectivity index is 2.32. The number of hydrogen-bond donors (Lipinski definition) is 2. The molecule has 0 saturated heterocycles. The van der Waals surface area contributed by atoms with Crippen LogP contribution in [0, 0.1) is 10.1 Å². The van der Waals surface area contributed by atoms with Gasteiger partial charge in [-0.25, -0.2) is 13.1 Å². The summed E-state index contributed by atoms with van der Waals surface area (Å²) in [6.07, 6.45) is 1.55. The molecule has 0 fully saturated rings. The van der Waals surface area contributed by atoms with Crippen molar-refractivity contribution in [3.05, 3.63) is 40.6 Å². The summed E-state index contributed by atoms with van der Waals surface area (Å²) in [5.41, 5.74) is 0.673. The van der Waals surface area contributed by atoms with Crippen molar-refractivity contribution in [3.63, 3.8) is 0 Å². The number of aromatic nitrogens is 1. The minimum atomic E-state index is -3.36. The Hall–Kier alpha value is -2.26. The quantitative estimate of drug-likeness (QED) is 0.610. The molecule has 0 saturated carbocycles. The third kappa shape index (κ3) is 3.44. The fourth-order valence-electron chi connectivity index (χ4n) is 1.90. The highest BCUT2D eigenvalue weighted by molar-refractivity contribution is 7.89. The number of anilines is 1. The summed E-state index contributed by atoms with van der Waals surface area (Å²) in [6, 6.07) is 6.40. The van der Waals surface area contributed by atoms with Gasteiger partial charge in [-0.3, -0.25) is 15.1 Å². The summed E-state index contributed by atoms with van der Waals surface area (Å²) in [7, 11) is -2.04. The van der Waals surface area contributed by atoms with E-state index in [1.807, 2.05) is 0 Å². The molecular formula is C12H14N4O4S. The molecule has 0 aliphatic rings. The average Bonchev–Trinajstić information content (AvgIpc) is 2.46. The van der Waals surface area contributed by atoms with Crippen molar-refractivity contribution >= 4 is 32.3 Å². The van der Waals surface area contributed by atoms with Crippen molar-refractivity contribution in [2.24, 2.45) is 0 Å². The lowest BCUT2D eigenvalue weighted by atomic mass is 10.1. The van der Waals surface area contributed by atoms with Crippen LogP contribution in [0.3, 0.4) is 0 Å². The number of hydrogen-bond acceptors (Lipinski definition) is 6. The first-order valence-electron chi connectivity index (χ1n) is 6.12. The Morgan fingerprint density at radius 3 is 2.76 bits per heavy atom. The van der Waals surface area contributed by atoms with E-state index in [1.165, 1.54) is 13.1 Å². The highest BCUT2D eigenvalue weighted by Crippen LogP contribution is 2.32. The molecule has 112 valence electrons. The maximum absolute atomic E-state index is 11.3. The topological polar surface area (TPSA) is 114 Å². The van der Waals surface area contributed by atoms with Crippen molar-refractivity contribution in [1.29, 1.82) is 0 Å². The van der Waals surface area contributed by atoms with E-state index >= 15 is 0 Å². The number of nitrogens with one attached hydrogen (secondary N) is 2. The van der Waals surface area contributed by atoms with Gasteiger partial charge in [0.1, 0.15) is 5.69 Å². The van der Waals surface area contributed by atoms with Crippen LogP contribution in [0.15, 0.2) is 30.5 Å². The third-order valence-corrected chi connectivity index (χ3v) is 4.30. The number of nitro benzene ring substituents is 1. The van der Waals surface area contributed by atoms with Crippen LogP contribution in [-0.2, 0) is 10.0 Å². The molecule has 1 aromatic heterocycles. The van der Waals surface area contributed by atoms with Crippen LogP contribution in [0.4, 0.5) is 11.4 Å². The first-order chi connectivity index (χ1) is 9.94. The molecule has 0 radical (unpaired) electrons. The van der Waals surface area contributed by atoms with Crippen LogP contribution in [0.25, 0.3) is 10.9 Å². The SMILES string of the molecule is CNS(=O)(=O)CCNc1ccc2ncccc2c1[N+](=O)[O-]. The van der Waals surface area contributed by atoms with E-state index < -0.39 is 14.9 Å². The smallest absolute Gasteiger partial charge is 0.301 e. The average molecular weight is 310 g/mol. The second-order valence-electron chi connectivity index (χ2n) is 4.24. The summed E-state index contributed by atoms with van der Waals surface area (Å²) >= 11 is 0. The molecule has 2 rings (SSSR count). The minimum absolute atomic E-state index is 0.0653. The first-order valence-corrected chi connectivity index (χ1v) is 7.77. The van der Waals surface area contributed by atoms with E-state index in [1.54, 1.807) is 24.4 Å². The molecule has 8 nitrogen and oxygen atoms in total. The molecule has 0 bridgehead atoms. The second-order valence-corrected chi connectivity index (χ2v) is 6.28. The van der Waals surface area contributed by atoms with Crippen molar-refractivity contribution in [1.82, 2.24) is 9.71 Å². The highest BCUT2D eigenvalue weighted by atomic mass is 32.2. The highest BCUT2D eigenvalue weighted by Gasteiger charge is 2.19. The Labute approximate surface area is 121 Å². The molecule has 2 aromatic rings. The summed E-state index contributed by atoms with van der Waals surface area (Å²) < 4.78 is 24.8. The zero-order valence-electron chi connectivity index (χ0n) is 11.2. The molecular weight excluding hydrogens is 296 g/mol. The van der Waals surface area contributed by atoms with Gasteiger partial charge in [0.05, 0.1) is 21.6 Å². The molecule has 2 N–H and O–H groups in total. The van der Waals surface area contributed by atoms with Crippen molar-refractivity contribution in [3.8, 4) is 0 Å². The molecule has 21 heavy (non-hydrogen) atoms. The summed E-state index contributed by atoms with van der Waals surface area (Å²) in [6.45, 7) is 0.0653. The van der Waals surface area contributed by atoms with Gasteiger partial charge in [-0.2, -0.15) is 0 Å². The van der Waals surface area contributed by atoms with Gasteiger partial charge in [-0.1, -0.05) is 0 Å². The zero-order valence-corrected chi connectivity index (χ0v) is 12.1. The lowest BCUT2D eigenvalue weighted by Gasteiger charge is -2.09. The molecule has 0 atom stereocenters. The fourth-order valence-corrected chi connectivity index (χ4v) is 2.47. The lowest BCUT2D eigenvalue weighted by Crippen LogP contribution is -2.26. The number of fused-ring (bicyclic) bond motifs is 1. The minimum Gasteiger partial charge on any atom is -0.378 e. The van der Waals surface area contributed by atoms with E-state index in [4.69, 9.17) is 0 Å². The van der Waals surface area contributed by atoms with E-state index in [-0.39, 0.29) is 23.7 Å². The van der Waals surface area contributed by atoms with E-state index in [0.717, 1.165) is 0 Å². The normalized spacial score (nSPS) is 11.5. The number of pyridine rings is 1. The van der Waals surface area contributed by atoms with Gasteiger partial charge in [-0.15, -0.1) is 0 Å². The van der Waals surface area contributed by atoms with Crippen LogP contribution in [0.2, 0.25) is 0 Å². The van der Waals surface area contributed by atoms with Gasteiger partial charge in [0.15, 0.2) is 0 Å². The predicted octanol–water partition coefficient (Wildman–Crippen LogP) is 1.10. The van der Waals surface area contributed by atoms with Gasteiger partial charge in [0, 0.05) is 12.7 Å². The summed E-state index contributed by atoms with van der Waals surface area (Å²) in [5, 5.41) is 14.5.